The van der Waals surface area contributed by atoms with Crippen molar-refractivity contribution in [2.24, 2.45) is 0 Å². The number of nitrogens with one attached hydrogen (secondary N) is 1. The van der Waals surface area contributed by atoms with E-state index in [9.17, 15) is 19.5 Å². The fraction of sp³-hybridized carbons (Fsp3) is 0.261. The first-order chi connectivity index (χ1) is 15.4. The molecule has 0 saturated carbocycles. The number of alkyl carbamates (subject to hydrolysis) is 1. The first-order valence-electron chi connectivity index (χ1n) is 9.67. The zero-order chi connectivity index (χ0) is 23.3. The number of carbonyl (C=O) groups excluding carboxylic acids is 3. The van der Waals surface area contributed by atoms with Crippen molar-refractivity contribution >= 4 is 29.8 Å². The number of hydrogen-bond acceptors (Lipinski definition) is 8. The Morgan fingerprint density at radius 3 is 2.16 bits per heavy atom. The van der Waals surface area contributed by atoms with Crippen LogP contribution in [0.3, 0.4) is 0 Å². The zero-order valence-electron chi connectivity index (χ0n) is 17.7. The molecular weight excluding hydrogens is 434 g/mol. The Bertz CT molecular complexity index is 918. The van der Waals surface area contributed by atoms with Gasteiger partial charge in [0.05, 0.1) is 14.2 Å². The number of benzene rings is 2. The zero-order valence-corrected chi connectivity index (χ0v) is 18.5. The Kier molecular flexibility index (Phi) is 10.3. The Balaban J connectivity index is 2.18. The number of methoxy groups -OCH3 is 2. The van der Waals surface area contributed by atoms with Gasteiger partial charge in [0.15, 0.2) is 6.10 Å². The summed E-state index contributed by atoms with van der Waals surface area (Å²) in [6.07, 6.45) is -0.969. The standard InChI is InChI=1S/C23H25NO7S/c1-29-21(26)19(24-23(28)31-15-16-9-5-3-6-10-16)13-18(14-20(25)22(27)30-2)32-17-11-7-4-8-12-17/h3-13,19-20,25H,14-15H2,1-2H3,(H,24,28)/b18-13-/t19-,20-/m0/s1. The van der Waals surface area contributed by atoms with Gasteiger partial charge in [-0.3, -0.25) is 0 Å². The lowest BCUT2D eigenvalue weighted by atomic mass is 10.2. The molecule has 0 unspecified atom stereocenters. The highest BCUT2D eigenvalue weighted by Crippen LogP contribution is 2.30. The van der Waals surface area contributed by atoms with Gasteiger partial charge in [-0.1, -0.05) is 60.3 Å². The molecule has 0 saturated heterocycles. The van der Waals surface area contributed by atoms with Crippen LogP contribution in [0.25, 0.3) is 0 Å². The molecule has 2 aromatic rings. The van der Waals surface area contributed by atoms with E-state index in [1.54, 1.807) is 12.1 Å². The van der Waals surface area contributed by atoms with Crippen molar-refractivity contribution in [1.82, 2.24) is 5.32 Å². The molecule has 1 amide bonds. The van der Waals surface area contributed by atoms with E-state index in [4.69, 9.17) is 9.47 Å². The molecule has 0 aliphatic rings. The molecule has 2 N–H and O–H groups in total. The second kappa shape index (κ2) is 13.2. The van der Waals surface area contributed by atoms with Crippen LogP contribution in [-0.2, 0) is 30.4 Å². The van der Waals surface area contributed by atoms with Crippen molar-refractivity contribution in [2.75, 3.05) is 14.2 Å². The average molecular weight is 460 g/mol. The number of ether oxygens (including phenoxy) is 3. The van der Waals surface area contributed by atoms with Crippen molar-refractivity contribution in [3.63, 3.8) is 0 Å². The largest absolute Gasteiger partial charge is 0.467 e. The fourth-order valence-electron chi connectivity index (χ4n) is 2.57. The first-order valence-corrected chi connectivity index (χ1v) is 10.5. The summed E-state index contributed by atoms with van der Waals surface area (Å²) in [6.45, 7) is 0.0248. The van der Waals surface area contributed by atoms with E-state index >= 15 is 0 Å². The maximum Gasteiger partial charge on any atom is 0.408 e. The summed E-state index contributed by atoms with van der Waals surface area (Å²) in [5.74, 6) is -1.55. The summed E-state index contributed by atoms with van der Waals surface area (Å²) < 4.78 is 14.5. The minimum Gasteiger partial charge on any atom is -0.467 e. The van der Waals surface area contributed by atoms with Gasteiger partial charge in [0, 0.05) is 11.3 Å². The molecule has 0 aromatic heterocycles. The lowest BCUT2D eigenvalue weighted by Gasteiger charge is -2.17. The van der Waals surface area contributed by atoms with Gasteiger partial charge in [-0.05, 0) is 28.7 Å². The number of aliphatic hydroxyl groups is 1. The number of hydrogen-bond donors (Lipinski definition) is 2. The summed E-state index contributed by atoms with van der Waals surface area (Å²) in [6, 6.07) is 17.0. The highest BCUT2D eigenvalue weighted by atomic mass is 32.2. The molecule has 0 radical (unpaired) electrons. The predicted octanol–water partition coefficient (Wildman–Crippen LogP) is 3.05. The van der Waals surface area contributed by atoms with Crippen LogP contribution in [0.15, 0.2) is 76.5 Å². The number of esters is 2. The first kappa shape index (κ1) is 25.0. The van der Waals surface area contributed by atoms with Crippen molar-refractivity contribution < 1.29 is 33.7 Å². The SMILES string of the molecule is COC(=O)[C@H](/C=C(/C[C@H](O)C(=O)OC)Sc1ccccc1)NC(=O)OCc1ccccc1. The number of rotatable bonds is 10. The molecule has 2 atom stereocenters. The van der Waals surface area contributed by atoms with Gasteiger partial charge in [0.1, 0.15) is 12.6 Å². The molecule has 0 bridgehead atoms. The van der Waals surface area contributed by atoms with Gasteiger partial charge in [-0.2, -0.15) is 0 Å². The molecule has 0 aliphatic heterocycles. The van der Waals surface area contributed by atoms with Gasteiger partial charge >= 0.3 is 18.0 Å². The maximum absolute atomic E-state index is 12.3. The highest BCUT2D eigenvalue weighted by molar-refractivity contribution is 8.03. The second-order valence-corrected chi connectivity index (χ2v) is 7.70. The van der Waals surface area contributed by atoms with E-state index in [0.29, 0.717) is 4.91 Å². The third-order valence-electron chi connectivity index (χ3n) is 4.15. The smallest absolute Gasteiger partial charge is 0.408 e. The third kappa shape index (κ3) is 8.44. The van der Waals surface area contributed by atoms with E-state index in [2.05, 4.69) is 10.1 Å². The molecule has 9 heteroatoms. The van der Waals surface area contributed by atoms with Crippen LogP contribution in [0.5, 0.6) is 0 Å². The van der Waals surface area contributed by atoms with Crippen molar-refractivity contribution in [3.05, 3.63) is 77.2 Å². The van der Waals surface area contributed by atoms with Gasteiger partial charge in [-0.25, -0.2) is 14.4 Å². The van der Waals surface area contributed by atoms with Crippen molar-refractivity contribution in [3.8, 4) is 0 Å². The number of amides is 1. The lowest BCUT2D eigenvalue weighted by Crippen LogP contribution is -2.40. The summed E-state index contributed by atoms with van der Waals surface area (Å²) in [5, 5.41) is 12.6. The Labute approximate surface area is 190 Å². The molecule has 0 heterocycles. The van der Waals surface area contributed by atoms with Crippen molar-refractivity contribution in [1.29, 1.82) is 0 Å². The van der Waals surface area contributed by atoms with Crippen LogP contribution in [0.1, 0.15) is 12.0 Å². The minimum atomic E-state index is -1.44. The monoisotopic (exact) mass is 459 g/mol. The Morgan fingerprint density at radius 2 is 1.56 bits per heavy atom. The van der Waals surface area contributed by atoms with Crippen LogP contribution < -0.4 is 5.32 Å². The van der Waals surface area contributed by atoms with Crippen LogP contribution in [-0.4, -0.2) is 49.5 Å². The molecule has 0 spiro atoms. The van der Waals surface area contributed by atoms with Gasteiger partial charge in [0.25, 0.3) is 0 Å². The lowest BCUT2D eigenvalue weighted by molar-refractivity contribution is -0.150. The minimum absolute atomic E-state index is 0.0248. The van der Waals surface area contributed by atoms with E-state index < -0.39 is 30.2 Å². The molecule has 0 aliphatic carbocycles. The van der Waals surface area contributed by atoms with Crippen LogP contribution in [0.4, 0.5) is 4.79 Å². The normalized spacial score (nSPS) is 12.9. The molecule has 2 aromatic carbocycles. The maximum atomic E-state index is 12.3. The van der Waals surface area contributed by atoms with Crippen molar-refractivity contribution in [2.45, 2.75) is 30.1 Å². The van der Waals surface area contributed by atoms with Crippen LogP contribution in [0, 0.1) is 0 Å². The van der Waals surface area contributed by atoms with E-state index in [1.165, 1.54) is 32.1 Å². The van der Waals surface area contributed by atoms with Gasteiger partial charge in [-0.15, -0.1) is 0 Å². The molecular formula is C23H25NO7S. The van der Waals surface area contributed by atoms with Crippen LogP contribution >= 0.6 is 11.8 Å². The number of aliphatic hydroxyl groups excluding tert-OH is 1. The molecule has 170 valence electrons. The number of thioether (sulfide) groups is 1. The summed E-state index contributed by atoms with van der Waals surface area (Å²) in [5.41, 5.74) is 0.786. The summed E-state index contributed by atoms with van der Waals surface area (Å²) in [7, 11) is 2.36. The quantitative estimate of drug-likeness (QED) is 0.317. The van der Waals surface area contributed by atoms with Gasteiger partial charge < -0.3 is 24.6 Å². The second-order valence-electron chi connectivity index (χ2n) is 6.50. The summed E-state index contributed by atoms with van der Waals surface area (Å²) >= 11 is 1.23. The van der Waals surface area contributed by atoms with Crippen LogP contribution in [0.2, 0.25) is 0 Å². The van der Waals surface area contributed by atoms with E-state index in [0.717, 1.165) is 10.5 Å². The average Bonchev–Trinajstić information content (AvgIpc) is 2.82. The molecule has 2 rings (SSSR count). The molecule has 0 fully saturated rings. The topological polar surface area (TPSA) is 111 Å². The van der Waals surface area contributed by atoms with E-state index in [1.807, 2.05) is 48.5 Å². The van der Waals surface area contributed by atoms with E-state index in [-0.39, 0.29) is 13.0 Å². The summed E-state index contributed by atoms with van der Waals surface area (Å²) in [4.78, 5) is 37.5. The molecule has 8 nitrogen and oxygen atoms in total. The highest BCUT2D eigenvalue weighted by Gasteiger charge is 2.24. The predicted molar refractivity (Wildman–Crippen MR) is 119 cm³/mol. The Hall–Kier alpha value is -3.30. The molecule has 32 heavy (non-hydrogen) atoms. The number of carbonyl (C=O) groups is 3. The fourth-order valence-corrected chi connectivity index (χ4v) is 3.61. The van der Waals surface area contributed by atoms with Gasteiger partial charge in [0.2, 0.25) is 0 Å². The third-order valence-corrected chi connectivity index (χ3v) is 5.23. The Morgan fingerprint density at radius 1 is 0.969 bits per heavy atom.